The standard InChI is InChI=1S/C8H9NOS/c9-6-4-10-8-5(6)2-1-3-7(8)11/h1-3,6,11H,4,9H2/t6-/m1/s1. The van der Waals surface area contributed by atoms with E-state index in [2.05, 4.69) is 12.6 Å². The van der Waals surface area contributed by atoms with E-state index in [9.17, 15) is 0 Å². The van der Waals surface area contributed by atoms with E-state index in [0.29, 0.717) is 6.61 Å². The molecular formula is C8H9NOS. The third kappa shape index (κ3) is 1.01. The summed E-state index contributed by atoms with van der Waals surface area (Å²) in [6, 6.07) is 5.85. The van der Waals surface area contributed by atoms with Crippen LogP contribution in [-0.4, -0.2) is 6.61 Å². The van der Waals surface area contributed by atoms with Gasteiger partial charge in [0, 0.05) is 10.5 Å². The highest BCUT2D eigenvalue weighted by atomic mass is 32.1. The molecule has 1 heterocycles. The molecule has 0 aliphatic carbocycles. The van der Waals surface area contributed by atoms with Crippen molar-refractivity contribution in [2.24, 2.45) is 5.73 Å². The first kappa shape index (κ1) is 7.00. The van der Waals surface area contributed by atoms with E-state index in [-0.39, 0.29) is 6.04 Å². The highest BCUT2D eigenvalue weighted by Crippen LogP contribution is 2.35. The lowest BCUT2D eigenvalue weighted by molar-refractivity contribution is 0.327. The minimum atomic E-state index is 0.0251. The molecule has 1 aliphatic heterocycles. The van der Waals surface area contributed by atoms with E-state index in [1.54, 1.807) is 0 Å². The number of nitrogens with two attached hydrogens (primary N) is 1. The summed E-state index contributed by atoms with van der Waals surface area (Å²) in [6.07, 6.45) is 0. The van der Waals surface area contributed by atoms with Gasteiger partial charge in [0.25, 0.3) is 0 Å². The molecule has 1 atom stereocenters. The Hall–Kier alpha value is -0.670. The molecule has 2 nitrogen and oxygen atoms in total. The fraction of sp³-hybridized carbons (Fsp3) is 0.250. The number of benzene rings is 1. The fourth-order valence-electron chi connectivity index (χ4n) is 1.25. The zero-order valence-corrected chi connectivity index (χ0v) is 6.84. The van der Waals surface area contributed by atoms with Gasteiger partial charge >= 0.3 is 0 Å². The minimum absolute atomic E-state index is 0.0251. The second kappa shape index (κ2) is 2.43. The van der Waals surface area contributed by atoms with Gasteiger partial charge in [-0.1, -0.05) is 12.1 Å². The first-order valence-electron chi connectivity index (χ1n) is 3.49. The Morgan fingerprint density at radius 1 is 1.55 bits per heavy atom. The molecule has 0 radical (unpaired) electrons. The lowest BCUT2D eigenvalue weighted by atomic mass is 10.1. The number of hydrogen-bond acceptors (Lipinski definition) is 3. The van der Waals surface area contributed by atoms with Gasteiger partial charge in [-0.15, -0.1) is 12.6 Å². The molecule has 1 aromatic carbocycles. The molecule has 11 heavy (non-hydrogen) atoms. The predicted molar refractivity (Wildman–Crippen MR) is 46.1 cm³/mol. The van der Waals surface area contributed by atoms with Gasteiger partial charge in [-0.05, 0) is 6.07 Å². The molecule has 58 valence electrons. The zero-order chi connectivity index (χ0) is 7.84. The summed E-state index contributed by atoms with van der Waals surface area (Å²) in [7, 11) is 0. The van der Waals surface area contributed by atoms with Crippen LogP contribution in [0.5, 0.6) is 5.75 Å². The summed E-state index contributed by atoms with van der Waals surface area (Å²) in [5, 5.41) is 0. The Morgan fingerprint density at radius 3 is 3.09 bits per heavy atom. The Bertz CT molecular complexity index is 287. The van der Waals surface area contributed by atoms with E-state index in [1.165, 1.54) is 0 Å². The van der Waals surface area contributed by atoms with Crippen molar-refractivity contribution in [3.05, 3.63) is 23.8 Å². The Morgan fingerprint density at radius 2 is 2.36 bits per heavy atom. The number of para-hydroxylation sites is 1. The summed E-state index contributed by atoms with van der Waals surface area (Å²) >= 11 is 4.25. The number of hydrogen-bond donors (Lipinski definition) is 2. The summed E-state index contributed by atoms with van der Waals surface area (Å²) in [4.78, 5) is 0.871. The van der Waals surface area contributed by atoms with Crippen LogP contribution in [0.25, 0.3) is 0 Å². The van der Waals surface area contributed by atoms with Crippen LogP contribution in [-0.2, 0) is 0 Å². The Labute approximate surface area is 70.8 Å². The summed E-state index contributed by atoms with van der Waals surface area (Å²) in [6.45, 7) is 0.576. The van der Waals surface area contributed by atoms with Gasteiger partial charge < -0.3 is 10.5 Å². The number of ether oxygens (including phenoxy) is 1. The van der Waals surface area contributed by atoms with Crippen LogP contribution in [0.15, 0.2) is 23.1 Å². The van der Waals surface area contributed by atoms with E-state index >= 15 is 0 Å². The predicted octanol–water partition coefficient (Wildman–Crippen LogP) is 1.37. The maximum atomic E-state index is 5.76. The van der Waals surface area contributed by atoms with Crippen molar-refractivity contribution < 1.29 is 4.74 Å². The van der Waals surface area contributed by atoms with E-state index < -0.39 is 0 Å². The smallest absolute Gasteiger partial charge is 0.137 e. The second-order valence-electron chi connectivity index (χ2n) is 2.61. The van der Waals surface area contributed by atoms with Crippen LogP contribution in [0.1, 0.15) is 11.6 Å². The topological polar surface area (TPSA) is 35.2 Å². The molecule has 0 saturated heterocycles. The van der Waals surface area contributed by atoms with Gasteiger partial charge in [-0.2, -0.15) is 0 Å². The SMILES string of the molecule is N[C@@H]1COc2c(S)cccc21. The molecule has 0 unspecified atom stereocenters. The van der Waals surface area contributed by atoms with Gasteiger partial charge in [0.2, 0.25) is 0 Å². The molecule has 2 rings (SSSR count). The van der Waals surface area contributed by atoms with Crippen LogP contribution >= 0.6 is 12.6 Å². The highest BCUT2D eigenvalue weighted by molar-refractivity contribution is 7.80. The first-order valence-corrected chi connectivity index (χ1v) is 3.94. The zero-order valence-electron chi connectivity index (χ0n) is 5.95. The summed E-state index contributed by atoms with van der Waals surface area (Å²) < 4.78 is 5.34. The molecule has 1 aromatic rings. The van der Waals surface area contributed by atoms with Gasteiger partial charge in [-0.25, -0.2) is 0 Å². The average molecular weight is 167 g/mol. The molecule has 1 aliphatic rings. The van der Waals surface area contributed by atoms with Crippen molar-refractivity contribution in [3.8, 4) is 5.75 Å². The van der Waals surface area contributed by atoms with Crippen molar-refractivity contribution >= 4 is 12.6 Å². The van der Waals surface area contributed by atoms with E-state index in [0.717, 1.165) is 16.2 Å². The van der Waals surface area contributed by atoms with Crippen molar-refractivity contribution in [2.75, 3.05) is 6.61 Å². The largest absolute Gasteiger partial charge is 0.490 e. The van der Waals surface area contributed by atoms with Crippen molar-refractivity contribution in [3.63, 3.8) is 0 Å². The molecule has 0 amide bonds. The Kier molecular flexibility index (Phi) is 1.55. The lowest BCUT2D eigenvalue weighted by Crippen LogP contribution is -2.10. The van der Waals surface area contributed by atoms with Crippen molar-refractivity contribution in [1.29, 1.82) is 0 Å². The lowest BCUT2D eigenvalue weighted by Gasteiger charge is -2.00. The van der Waals surface area contributed by atoms with Crippen molar-refractivity contribution in [2.45, 2.75) is 10.9 Å². The molecule has 0 bridgehead atoms. The van der Waals surface area contributed by atoms with Gasteiger partial charge in [-0.3, -0.25) is 0 Å². The van der Waals surface area contributed by atoms with E-state index in [4.69, 9.17) is 10.5 Å². The first-order chi connectivity index (χ1) is 5.29. The molecule has 0 aromatic heterocycles. The van der Waals surface area contributed by atoms with Gasteiger partial charge in [0.15, 0.2) is 0 Å². The van der Waals surface area contributed by atoms with Crippen LogP contribution in [0.4, 0.5) is 0 Å². The number of fused-ring (bicyclic) bond motifs is 1. The molecular weight excluding hydrogens is 158 g/mol. The monoisotopic (exact) mass is 167 g/mol. The number of rotatable bonds is 0. The molecule has 3 heteroatoms. The second-order valence-corrected chi connectivity index (χ2v) is 3.09. The van der Waals surface area contributed by atoms with Crippen LogP contribution in [0.2, 0.25) is 0 Å². The normalized spacial score (nSPS) is 21.1. The maximum Gasteiger partial charge on any atom is 0.137 e. The summed E-state index contributed by atoms with van der Waals surface area (Å²) in [5.74, 6) is 0.850. The van der Waals surface area contributed by atoms with Crippen LogP contribution in [0.3, 0.4) is 0 Å². The van der Waals surface area contributed by atoms with Gasteiger partial charge in [0.1, 0.15) is 12.4 Å². The highest BCUT2D eigenvalue weighted by Gasteiger charge is 2.21. The molecule has 2 N–H and O–H groups in total. The van der Waals surface area contributed by atoms with Crippen LogP contribution in [0, 0.1) is 0 Å². The third-order valence-corrected chi connectivity index (χ3v) is 2.18. The van der Waals surface area contributed by atoms with Gasteiger partial charge in [0.05, 0.1) is 6.04 Å². The number of thiol groups is 1. The average Bonchev–Trinajstić information content (AvgIpc) is 2.35. The minimum Gasteiger partial charge on any atom is -0.490 e. The molecule has 0 fully saturated rings. The third-order valence-electron chi connectivity index (χ3n) is 1.83. The Balaban J connectivity index is 2.57. The van der Waals surface area contributed by atoms with Crippen LogP contribution < -0.4 is 10.5 Å². The van der Waals surface area contributed by atoms with Crippen molar-refractivity contribution in [1.82, 2.24) is 0 Å². The molecule has 0 saturated carbocycles. The quantitative estimate of drug-likeness (QED) is 0.572. The van der Waals surface area contributed by atoms with E-state index in [1.807, 2.05) is 18.2 Å². The molecule has 0 spiro atoms. The maximum absolute atomic E-state index is 5.76. The fourth-order valence-corrected chi connectivity index (χ4v) is 1.53. The summed E-state index contributed by atoms with van der Waals surface area (Å²) in [5.41, 5.74) is 6.82.